The summed E-state index contributed by atoms with van der Waals surface area (Å²) in [4.78, 5) is 20.9. The van der Waals surface area contributed by atoms with Crippen LogP contribution in [0.2, 0.25) is 0 Å². The second kappa shape index (κ2) is 4.41. The molecule has 6 nitrogen and oxygen atoms in total. The largest absolute Gasteiger partial charge is 0.497 e. The lowest BCUT2D eigenvalue weighted by atomic mass is 10.2. The molecule has 0 aliphatic carbocycles. The highest BCUT2D eigenvalue weighted by atomic mass is 16.6. The number of anilines is 1. The molecule has 0 aliphatic heterocycles. The van der Waals surface area contributed by atoms with Crippen molar-refractivity contribution in [2.24, 2.45) is 0 Å². The van der Waals surface area contributed by atoms with Gasteiger partial charge >= 0.3 is 0 Å². The van der Waals surface area contributed by atoms with E-state index in [4.69, 9.17) is 4.74 Å². The molecule has 0 bridgehead atoms. The van der Waals surface area contributed by atoms with Crippen molar-refractivity contribution >= 4 is 17.3 Å². The molecule has 0 saturated carbocycles. The molecule has 80 valence electrons. The SMILES string of the molecule is COc1ccc([N+](=O)[O-])c(NC(C)=O)c1. The molecule has 0 spiro atoms. The molecule has 0 heterocycles. The maximum Gasteiger partial charge on any atom is 0.293 e. The first-order valence-electron chi connectivity index (χ1n) is 4.14. The van der Waals surface area contributed by atoms with E-state index in [1.807, 2.05) is 0 Å². The lowest BCUT2D eigenvalue weighted by molar-refractivity contribution is -0.383. The van der Waals surface area contributed by atoms with Gasteiger partial charge in [0.25, 0.3) is 5.69 Å². The molecular weight excluding hydrogens is 200 g/mol. The monoisotopic (exact) mass is 210 g/mol. The number of nitrogens with one attached hydrogen (secondary N) is 1. The number of methoxy groups -OCH3 is 1. The Hall–Kier alpha value is -2.11. The normalized spacial score (nSPS) is 9.47. The lowest BCUT2D eigenvalue weighted by Gasteiger charge is -2.05. The van der Waals surface area contributed by atoms with Crippen molar-refractivity contribution in [1.29, 1.82) is 0 Å². The summed E-state index contributed by atoms with van der Waals surface area (Å²) in [5, 5.41) is 13.0. The van der Waals surface area contributed by atoms with Crippen LogP contribution < -0.4 is 10.1 Å². The Morgan fingerprint density at radius 1 is 1.53 bits per heavy atom. The van der Waals surface area contributed by atoms with Crippen LogP contribution in [0.4, 0.5) is 11.4 Å². The number of rotatable bonds is 3. The van der Waals surface area contributed by atoms with Gasteiger partial charge in [-0.2, -0.15) is 0 Å². The summed E-state index contributed by atoms with van der Waals surface area (Å²) in [6.07, 6.45) is 0. The second-order valence-corrected chi connectivity index (χ2v) is 2.82. The quantitative estimate of drug-likeness (QED) is 0.606. The summed E-state index contributed by atoms with van der Waals surface area (Å²) >= 11 is 0. The third-order valence-corrected chi connectivity index (χ3v) is 1.71. The Kier molecular flexibility index (Phi) is 3.22. The summed E-state index contributed by atoms with van der Waals surface area (Å²) in [6, 6.07) is 4.15. The fraction of sp³-hybridized carbons (Fsp3) is 0.222. The Morgan fingerprint density at radius 2 is 2.20 bits per heavy atom. The van der Waals surface area contributed by atoms with Gasteiger partial charge in [-0.15, -0.1) is 0 Å². The molecule has 1 rings (SSSR count). The van der Waals surface area contributed by atoms with Gasteiger partial charge in [-0.3, -0.25) is 14.9 Å². The molecule has 0 saturated heterocycles. The maximum absolute atomic E-state index is 10.8. The maximum atomic E-state index is 10.8. The van der Waals surface area contributed by atoms with Crippen LogP contribution in [0.3, 0.4) is 0 Å². The number of nitro benzene ring substituents is 1. The predicted octanol–water partition coefficient (Wildman–Crippen LogP) is 1.56. The number of benzene rings is 1. The second-order valence-electron chi connectivity index (χ2n) is 2.82. The molecule has 1 aromatic carbocycles. The Labute approximate surface area is 86.0 Å². The lowest BCUT2D eigenvalue weighted by Crippen LogP contribution is -2.08. The van der Waals surface area contributed by atoms with Crippen LogP contribution in [0.25, 0.3) is 0 Å². The minimum Gasteiger partial charge on any atom is -0.497 e. The molecule has 15 heavy (non-hydrogen) atoms. The zero-order valence-corrected chi connectivity index (χ0v) is 8.31. The molecule has 1 aromatic rings. The van der Waals surface area contributed by atoms with E-state index in [-0.39, 0.29) is 17.3 Å². The highest BCUT2D eigenvalue weighted by Crippen LogP contribution is 2.28. The van der Waals surface area contributed by atoms with Gasteiger partial charge in [-0.1, -0.05) is 0 Å². The Morgan fingerprint density at radius 3 is 2.67 bits per heavy atom. The summed E-state index contributed by atoms with van der Waals surface area (Å²) in [6.45, 7) is 1.28. The summed E-state index contributed by atoms with van der Waals surface area (Å²) < 4.78 is 4.90. The van der Waals surface area contributed by atoms with Gasteiger partial charge in [-0.05, 0) is 6.07 Å². The van der Waals surface area contributed by atoms with E-state index in [0.29, 0.717) is 5.75 Å². The minimum absolute atomic E-state index is 0.131. The van der Waals surface area contributed by atoms with Gasteiger partial charge in [0.15, 0.2) is 0 Å². The Bertz CT molecular complexity index is 403. The van der Waals surface area contributed by atoms with Crippen LogP contribution in [-0.2, 0) is 4.79 Å². The van der Waals surface area contributed by atoms with E-state index >= 15 is 0 Å². The van der Waals surface area contributed by atoms with Crippen LogP contribution in [0.1, 0.15) is 6.92 Å². The van der Waals surface area contributed by atoms with Crippen LogP contribution in [-0.4, -0.2) is 17.9 Å². The predicted molar refractivity (Wildman–Crippen MR) is 54.0 cm³/mol. The first-order valence-corrected chi connectivity index (χ1v) is 4.14. The number of carbonyl (C=O) groups excluding carboxylic acids is 1. The van der Waals surface area contributed by atoms with Gasteiger partial charge in [-0.25, -0.2) is 0 Å². The van der Waals surface area contributed by atoms with E-state index < -0.39 is 4.92 Å². The van der Waals surface area contributed by atoms with Crippen molar-refractivity contribution in [1.82, 2.24) is 0 Å². The number of amides is 1. The molecule has 6 heteroatoms. The van der Waals surface area contributed by atoms with Crippen LogP contribution >= 0.6 is 0 Å². The standard InChI is InChI=1S/C9H10N2O4/c1-6(12)10-8-5-7(15-2)3-4-9(8)11(13)14/h3-5H,1-2H3,(H,10,12). The zero-order chi connectivity index (χ0) is 11.4. The minimum atomic E-state index is -0.565. The number of nitrogens with zero attached hydrogens (tertiary/aromatic N) is 1. The van der Waals surface area contributed by atoms with Crippen molar-refractivity contribution in [2.75, 3.05) is 12.4 Å². The van der Waals surface area contributed by atoms with Crippen molar-refractivity contribution in [2.45, 2.75) is 6.92 Å². The first kappa shape index (κ1) is 11.0. The third kappa shape index (κ3) is 2.67. The smallest absolute Gasteiger partial charge is 0.293 e. The highest BCUT2D eigenvalue weighted by Gasteiger charge is 2.15. The van der Waals surface area contributed by atoms with E-state index in [1.54, 1.807) is 0 Å². The van der Waals surface area contributed by atoms with Gasteiger partial charge in [0.1, 0.15) is 11.4 Å². The third-order valence-electron chi connectivity index (χ3n) is 1.71. The van der Waals surface area contributed by atoms with E-state index in [2.05, 4.69) is 5.32 Å². The molecule has 1 N–H and O–H groups in total. The molecule has 0 radical (unpaired) electrons. The molecule has 0 aromatic heterocycles. The molecular formula is C9H10N2O4. The topological polar surface area (TPSA) is 81.5 Å². The van der Waals surface area contributed by atoms with Crippen molar-refractivity contribution in [3.05, 3.63) is 28.3 Å². The molecule has 1 amide bonds. The first-order chi connectivity index (χ1) is 7.04. The number of hydrogen-bond acceptors (Lipinski definition) is 4. The average molecular weight is 210 g/mol. The fourth-order valence-electron chi connectivity index (χ4n) is 1.09. The van der Waals surface area contributed by atoms with Gasteiger partial charge in [0, 0.05) is 19.1 Å². The summed E-state index contributed by atoms with van der Waals surface area (Å²) in [5.41, 5.74) is -0.0298. The van der Waals surface area contributed by atoms with Crippen LogP contribution in [0.15, 0.2) is 18.2 Å². The van der Waals surface area contributed by atoms with E-state index in [9.17, 15) is 14.9 Å². The summed E-state index contributed by atoms with van der Waals surface area (Å²) in [5.74, 6) is 0.0794. The number of carbonyl (C=O) groups is 1. The van der Waals surface area contributed by atoms with Gasteiger partial charge in [0.2, 0.25) is 5.91 Å². The van der Waals surface area contributed by atoms with Crippen molar-refractivity contribution < 1.29 is 14.5 Å². The number of nitro groups is 1. The average Bonchev–Trinajstić information content (AvgIpc) is 2.16. The van der Waals surface area contributed by atoms with Crippen molar-refractivity contribution in [3.8, 4) is 5.75 Å². The highest BCUT2D eigenvalue weighted by molar-refractivity contribution is 5.91. The molecule has 0 unspecified atom stereocenters. The fourth-order valence-corrected chi connectivity index (χ4v) is 1.09. The molecule has 0 atom stereocenters. The van der Waals surface area contributed by atoms with Gasteiger partial charge < -0.3 is 10.1 Å². The zero-order valence-electron chi connectivity index (χ0n) is 8.31. The van der Waals surface area contributed by atoms with Gasteiger partial charge in [0.05, 0.1) is 12.0 Å². The van der Waals surface area contributed by atoms with Crippen LogP contribution in [0.5, 0.6) is 5.75 Å². The summed E-state index contributed by atoms with van der Waals surface area (Å²) in [7, 11) is 1.44. The molecule has 0 fully saturated rings. The molecule has 0 aliphatic rings. The Balaban J connectivity index is 3.16. The van der Waals surface area contributed by atoms with Crippen molar-refractivity contribution in [3.63, 3.8) is 0 Å². The van der Waals surface area contributed by atoms with E-state index in [0.717, 1.165) is 0 Å². The van der Waals surface area contributed by atoms with Crippen LogP contribution in [0, 0.1) is 10.1 Å². The number of ether oxygens (including phenoxy) is 1. The van der Waals surface area contributed by atoms with E-state index in [1.165, 1.54) is 32.2 Å². The number of hydrogen-bond donors (Lipinski definition) is 1.